The van der Waals surface area contributed by atoms with Crippen LogP contribution in [0.3, 0.4) is 0 Å². The second kappa shape index (κ2) is 1.98. The van der Waals surface area contributed by atoms with Crippen molar-refractivity contribution in [2.75, 3.05) is 0 Å². The molecule has 50 valence electrons. The van der Waals surface area contributed by atoms with E-state index < -0.39 is 0 Å². The Morgan fingerprint density at radius 2 is 2.44 bits per heavy atom. The molecule has 1 aliphatic rings. The fourth-order valence-corrected chi connectivity index (χ4v) is 1.23. The molecule has 0 amide bonds. The Morgan fingerprint density at radius 1 is 1.78 bits per heavy atom. The van der Waals surface area contributed by atoms with Crippen LogP contribution in [0.25, 0.3) is 0 Å². The summed E-state index contributed by atoms with van der Waals surface area (Å²) in [4.78, 5) is 10.8. The molecular formula is C8H12O. The molecule has 0 bridgehead atoms. The lowest BCUT2D eigenvalue weighted by Gasteiger charge is -2.14. The van der Waals surface area contributed by atoms with Crippen LogP contribution in [0.4, 0.5) is 0 Å². The minimum atomic E-state index is 0.122. The van der Waals surface area contributed by atoms with E-state index in [-0.39, 0.29) is 5.41 Å². The highest BCUT2D eigenvalue weighted by Crippen LogP contribution is 2.35. The van der Waals surface area contributed by atoms with Crippen molar-refractivity contribution in [3.63, 3.8) is 0 Å². The van der Waals surface area contributed by atoms with Crippen LogP contribution in [-0.2, 0) is 4.79 Å². The second-order valence-corrected chi connectivity index (χ2v) is 3.07. The maximum atomic E-state index is 10.8. The van der Waals surface area contributed by atoms with E-state index in [1.54, 1.807) is 0 Å². The van der Waals surface area contributed by atoms with Crippen molar-refractivity contribution in [2.24, 2.45) is 5.41 Å². The van der Waals surface area contributed by atoms with Crippen molar-refractivity contribution in [3.05, 3.63) is 12.7 Å². The summed E-state index contributed by atoms with van der Waals surface area (Å²) < 4.78 is 0. The van der Waals surface area contributed by atoms with Crippen molar-refractivity contribution in [1.82, 2.24) is 0 Å². The van der Waals surface area contributed by atoms with E-state index >= 15 is 0 Å². The first-order chi connectivity index (χ1) is 4.16. The molecule has 1 saturated carbocycles. The van der Waals surface area contributed by atoms with Gasteiger partial charge in [0.1, 0.15) is 5.78 Å². The molecule has 1 rings (SSSR count). The second-order valence-electron chi connectivity index (χ2n) is 3.07. The number of Topliss-reactive ketones (excluding diaryl/α,β-unsaturated/α-hetero) is 1. The highest BCUT2D eigenvalue weighted by molar-refractivity contribution is 5.81. The first-order valence-electron chi connectivity index (χ1n) is 3.32. The van der Waals surface area contributed by atoms with E-state index in [4.69, 9.17) is 0 Å². The maximum Gasteiger partial charge on any atom is 0.133 e. The molecule has 0 aliphatic heterocycles. The summed E-state index contributed by atoms with van der Waals surface area (Å²) in [5, 5.41) is 0. The Hall–Kier alpha value is -0.590. The van der Waals surface area contributed by atoms with Crippen molar-refractivity contribution in [1.29, 1.82) is 0 Å². The lowest BCUT2D eigenvalue weighted by atomic mass is 9.89. The third-order valence-corrected chi connectivity index (χ3v) is 2.07. The van der Waals surface area contributed by atoms with Crippen molar-refractivity contribution in [2.45, 2.75) is 26.2 Å². The minimum Gasteiger partial charge on any atom is -0.300 e. The molecule has 0 aromatic rings. The fourth-order valence-electron chi connectivity index (χ4n) is 1.23. The topological polar surface area (TPSA) is 17.1 Å². The third-order valence-electron chi connectivity index (χ3n) is 2.07. The Balaban J connectivity index is 2.65. The van der Waals surface area contributed by atoms with Gasteiger partial charge in [-0.25, -0.2) is 0 Å². The molecule has 0 aromatic heterocycles. The molecule has 1 heteroatoms. The molecule has 0 saturated heterocycles. The smallest absolute Gasteiger partial charge is 0.133 e. The molecule has 1 fully saturated rings. The van der Waals surface area contributed by atoms with Gasteiger partial charge in [-0.2, -0.15) is 0 Å². The van der Waals surface area contributed by atoms with Crippen LogP contribution in [0, 0.1) is 5.41 Å². The summed E-state index contributed by atoms with van der Waals surface area (Å²) in [6, 6.07) is 0. The number of allylic oxidation sites excluding steroid dienone is 1. The predicted molar refractivity (Wildman–Crippen MR) is 37.2 cm³/mol. The number of hydrogen-bond donors (Lipinski definition) is 0. The maximum absolute atomic E-state index is 10.8. The molecule has 1 unspecified atom stereocenters. The monoisotopic (exact) mass is 124 g/mol. The Morgan fingerprint density at radius 3 is 2.67 bits per heavy atom. The number of ketones is 1. The predicted octanol–water partition coefficient (Wildman–Crippen LogP) is 1.93. The summed E-state index contributed by atoms with van der Waals surface area (Å²) in [6.07, 6.45) is 4.35. The minimum absolute atomic E-state index is 0.122. The first-order valence-corrected chi connectivity index (χ1v) is 3.32. The van der Waals surface area contributed by atoms with E-state index in [0.717, 1.165) is 12.8 Å². The molecular weight excluding hydrogens is 112 g/mol. The number of carbonyl (C=O) groups excluding carboxylic acids is 1. The molecule has 0 aromatic carbocycles. The van der Waals surface area contributed by atoms with Gasteiger partial charge in [-0.15, -0.1) is 6.58 Å². The Bertz CT molecular complexity index is 149. The summed E-state index contributed by atoms with van der Waals surface area (Å²) in [7, 11) is 0. The lowest BCUT2D eigenvalue weighted by molar-refractivity contribution is -0.117. The van der Waals surface area contributed by atoms with Crippen LogP contribution in [-0.4, -0.2) is 5.78 Å². The van der Waals surface area contributed by atoms with Crippen LogP contribution in [0.2, 0.25) is 0 Å². The van der Waals surface area contributed by atoms with Gasteiger partial charge in [-0.3, -0.25) is 4.79 Å². The average Bonchev–Trinajstić information content (AvgIpc) is 2.13. The van der Waals surface area contributed by atoms with Gasteiger partial charge >= 0.3 is 0 Å². The van der Waals surface area contributed by atoms with Crippen LogP contribution in [0.15, 0.2) is 12.7 Å². The molecule has 0 N–H and O–H groups in total. The quantitative estimate of drug-likeness (QED) is 0.488. The van der Waals surface area contributed by atoms with Gasteiger partial charge in [0.15, 0.2) is 0 Å². The van der Waals surface area contributed by atoms with E-state index in [9.17, 15) is 4.79 Å². The van der Waals surface area contributed by atoms with Gasteiger partial charge in [-0.05, 0) is 11.8 Å². The van der Waals surface area contributed by atoms with Gasteiger partial charge < -0.3 is 0 Å². The van der Waals surface area contributed by atoms with E-state index in [0.29, 0.717) is 12.2 Å². The highest BCUT2D eigenvalue weighted by atomic mass is 16.1. The van der Waals surface area contributed by atoms with Crippen LogP contribution >= 0.6 is 0 Å². The summed E-state index contributed by atoms with van der Waals surface area (Å²) in [5.74, 6) is 0.386. The molecule has 1 nitrogen and oxygen atoms in total. The SMILES string of the molecule is C=CC1(C)CCC(=O)C1. The first kappa shape index (κ1) is 6.53. The number of carbonyl (C=O) groups is 1. The molecule has 1 aliphatic carbocycles. The summed E-state index contributed by atoms with van der Waals surface area (Å²) in [5.41, 5.74) is 0.122. The standard InChI is InChI=1S/C8H12O/c1-3-8(2)5-4-7(9)6-8/h3H,1,4-6H2,2H3. The molecule has 9 heavy (non-hydrogen) atoms. The van der Waals surface area contributed by atoms with E-state index in [1.807, 2.05) is 6.08 Å². The van der Waals surface area contributed by atoms with Crippen molar-refractivity contribution in [3.8, 4) is 0 Å². The lowest BCUT2D eigenvalue weighted by Crippen LogP contribution is -2.06. The summed E-state index contributed by atoms with van der Waals surface area (Å²) >= 11 is 0. The van der Waals surface area contributed by atoms with Crippen LogP contribution < -0.4 is 0 Å². The zero-order valence-electron chi connectivity index (χ0n) is 5.81. The normalized spacial score (nSPS) is 35.0. The van der Waals surface area contributed by atoms with E-state index in [2.05, 4.69) is 13.5 Å². The van der Waals surface area contributed by atoms with Crippen LogP contribution in [0.5, 0.6) is 0 Å². The third kappa shape index (κ3) is 1.21. The Labute approximate surface area is 55.8 Å². The average molecular weight is 124 g/mol. The van der Waals surface area contributed by atoms with Gasteiger partial charge in [-0.1, -0.05) is 13.0 Å². The van der Waals surface area contributed by atoms with Gasteiger partial charge in [0.05, 0.1) is 0 Å². The highest BCUT2D eigenvalue weighted by Gasteiger charge is 2.30. The van der Waals surface area contributed by atoms with Gasteiger partial charge in [0.2, 0.25) is 0 Å². The zero-order valence-corrected chi connectivity index (χ0v) is 5.81. The molecule has 0 heterocycles. The van der Waals surface area contributed by atoms with Gasteiger partial charge in [0, 0.05) is 12.8 Å². The number of hydrogen-bond acceptors (Lipinski definition) is 1. The molecule has 1 atom stereocenters. The Kier molecular flexibility index (Phi) is 1.43. The van der Waals surface area contributed by atoms with E-state index in [1.165, 1.54) is 0 Å². The fraction of sp³-hybridized carbons (Fsp3) is 0.625. The largest absolute Gasteiger partial charge is 0.300 e. The van der Waals surface area contributed by atoms with Crippen molar-refractivity contribution < 1.29 is 4.79 Å². The molecule has 0 radical (unpaired) electrons. The summed E-state index contributed by atoms with van der Waals surface area (Å²) in [6.45, 7) is 5.78. The number of rotatable bonds is 1. The van der Waals surface area contributed by atoms with Crippen molar-refractivity contribution >= 4 is 5.78 Å². The zero-order chi connectivity index (χ0) is 6.91. The van der Waals surface area contributed by atoms with Crippen LogP contribution in [0.1, 0.15) is 26.2 Å². The van der Waals surface area contributed by atoms with Gasteiger partial charge in [0.25, 0.3) is 0 Å². The molecule has 0 spiro atoms.